The molecule has 0 amide bonds. The lowest BCUT2D eigenvalue weighted by Gasteiger charge is -2.41. The Morgan fingerprint density at radius 1 is 1.06 bits per heavy atom. The molecule has 0 aromatic heterocycles. The van der Waals surface area contributed by atoms with Crippen LogP contribution < -0.4 is 10.6 Å². The van der Waals surface area contributed by atoms with Gasteiger partial charge in [0.2, 0.25) is 0 Å². The van der Waals surface area contributed by atoms with Crippen LogP contribution in [0, 0.1) is 0 Å². The van der Waals surface area contributed by atoms with Gasteiger partial charge in [0.25, 0.3) is 0 Å². The average molecular weight is 246 g/mol. The van der Waals surface area contributed by atoms with Crippen molar-refractivity contribution in [2.45, 2.75) is 51.6 Å². The Bertz CT molecular complexity index is 365. The number of rotatable bonds is 6. The largest absolute Gasteiger partial charge is 0.296 e. The van der Waals surface area contributed by atoms with Crippen LogP contribution in [0.4, 0.5) is 0 Å². The number of aryl methyl sites for hydroxylation is 1. The minimum absolute atomic E-state index is 0.0147. The Morgan fingerprint density at radius 3 is 2.39 bits per heavy atom. The van der Waals surface area contributed by atoms with E-state index in [9.17, 15) is 0 Å². The molecule has 2 nitrogen and oxygen atoms in total. The molecule has 0 heterocycles. The molecule has 0 bridgehead atoms. The van der Waals surface area contributed by atoms with Crippen molar-refractivity contribution in [1.29, 1.82) is 0 Å². The smallest absolute Gasteiger partial charge is 0.0952 e. The van der Waals surface area contributed by atoms with Crippen LogP contribution >= 0.6 is 0 Å². The van der Waals surface area contributed by atoms with E-state index in [4.69, 9.17) is 0 Å². The van der Waals surface area contributed by atoms with Gasteiger partial charge in [-0.3, -0.25) is 10.6 Å². The summed E-state index contributed by atoms with van der Waals surface area (Å²) in [6, 6.07) is 8.90. The second-order valence-electron chi connectivity index (χ2n) is 5.27. The predicted octanol–water partition coefficient (Wildman–Crippen LogP) is 3.17. The lowest BCUT2D eigenvalue weighted by atomic mass is 9.82. The monoisotopic (exact) mass is 246 g/mol. The average Bonchev–Trinajstić information content (AvgIpc) is 2.43. The Labute approximate surface area is 111 Å². The van der Waals surface area contributed by atoms with E-state index in [1.165, 1.54) is 43.2 Å². The SMILES string of the molecule is CCCNC1(NCCC)CCCc2ccccc21. The van der Waals surface area contributed by atoms with Crippen molar-refractivity contribution in [3.05, 3.63) is 35.4 Å². The highest BCUT2D eigenvalue weighted by Crippen LogP contribution is 2.33. The highest BCUT2D eigenvalue weighted by molar-refractivity contribution is 5.35. The summed E-state index contributed by atoms with van der Waals surface area (Å²) in [6.07, 6.45) is 6.05. The Hall–Kier alpha value is -0.860. The van der Waals surface area contributed by atoms with Gasteiger partial charge in [-0.05, 0) is 56.3 Å². The third-order valence-corrected chi connectivity index (χ3v) is 3.83. The Morgan fingerprint density at radius 2 is 1.72 bits per heavy atom. The van der Waals surface area contributed by atoms with Crippen LogP contribution in [0.15, 0.2) is 24.3 Å². The maximum atomic E-state index is 3.76. The lowest BCUT2D eigenvalue weighted by Crippen LogP contribution is -2.56. The molecular weight excluding hydrogens is 220 g/mol. The number of hydrogen-bond acceptors (Lipinski definition) is 2. The van der Waals surface area contributed by atoms with Gasteiger partial charge in [0.15, 0.2) is 0 Å². The fourth-order valence-corrected chi connectivity index (χ4v) is 2.94. The van der Waals surface area contributed by atoms with Crippen molar-refractivity contribution in [2.24, 2.45) is 0 Å². The van der Waals surface area contributed by atoms with Crippen molar-refractivity contribution < 1.29 is 0 Å². The quantitative estimate of drug-likeness (QED) is 0.753. The van der Waals surface area contributed by atoms with Crippen molar-refractivity contribution in [2.75, 3.05) is 13.1 Å². The molecule has 0 unspecified atom stereocenters. The Kier molecular flexibility index (Phi) is 4.79. The van der Waals surface area contributed by atoms with E-state index in [-0.39, 0.29) is 5.66 Å². The van der Waals surface area contributed by atoms with E-state index >= 15 is 0 Å². The Balaban J connectivity index is 2.28. The maximum Gasteiger partial charge on any atom is 0.0952 e. The molecule has 0 spiro atoms. The fourth-order valence-electron chi connectivity index (χ4n) is 2.94. The van der Waals surface area contributed by atoms with Gasteiger partial charge < -0.3 is 0 Å². The normalized spacial score (nSPS) is 17.4. The molecule has 1 aromatic carbocycles. The summed E-state index contributed by atoms with van der Waals surface area (Å²) in [5.74, 6) is 0. The lowest BCUT2D eigenvalue weighted by molar-refractivity contribution is 0.222. The van der Waals surface area contributed by atoms with Gasteiger partial charge in [-0.25, -0.2) is 0 Å². The first-order valence-electron chi connectivity index (χ1n) is 7.41. The van der Waals surface area contributed by atoms with Crippen LogP contribution in [-0.2, 0) is 12.1 Å². The van der Waals surface area contributed by atoms with Gasteiger partial charge in [0.05, 0.1) is 5.66 Å². The molecule has 2 rings (SSSR count). The van der Waals surface area contributed by atoms with Gasteiger partial charge in [-0.2, -0.15) is 0 Å². The van der Waals surface area contributed by atoms with E-state index < -0.39 is 0 Å². The third-order valence-electron chi connectivity index (χ3n) is 3.83. The first-order chi connectivity index (χ1) is 8.82. The van der Waals surface area contributed by atoms with E-state index in [0.29, 0.717) is 0 Å². The zero-order valence-electron chi connectivity index (χ0n) is 11.8. The standard InChI is InChI=1S/C16H26N2/c1-3-12-17-16(18-13-4-2)11-7-9-14-8-5-6-10-15(14)16/h5-6,8,10,17-18H,3-4,7,9,11-13H2,1-2H3. The zero-order chi connectivity index (χ0) is 12.8. The molecule has 0 atom stereocenters. The van der Waals surface area contributed by atoms with Gasteiger partial charge in [-0.15, -0.1) is 0 Å². The van der Waals surface area contributed by atoms with Gasteiger partial charge in [0, 0.05) is 0 Å². The number of benzene rings is 1. The van der Waals surface area contributed by atoms with Crippen molar-refractivity contribution in [3.8, 4) is 0 Å². The summed E-state index contributed by atoms with van der Waals surface area (Å²) < 4.78 is 0. The molecular formula is C16H26N2. The van der Waals surface area contributed by atoms with Crippen LogP contribution in [0.3, 0.4) is 0 Å². The zero-order valence-corrected chi connectivity index (χ0v) is 11.8. The molecule has 18 heavy (non-hydrogen) atoms. The van der Waals surface area contributed by atoms with Crippen molar-refractivity contribution in [1.82, 2.24) is 10.6 Å². The molecule has 2 heteroatoms. The molecule has 0 aliphatic heterocycles. The second kappa shape index (κ2) is 6.35. The summed E-state index contributed by atoms with van der Waals surface area (Å²) in [7, 11) is 0. The van der Waals surface area contributed by atoms with Crippen LogP contribution in [0.1, 0.15) is 50.7 Å². The molecule has 1 aromatic rings. The predicted molar refractivity (Wildman–Crippen MR) is 77.6 cm³/mol. The summed E-state index contributed by atoms with van der Waals surface area (Å²) in [6.45, 7) is 6.61. The van der Waals surface area contributed by atoms with Crippen molar-refractivity contribution >= 4 is 0 Å². The summed E-state index contributed by atoms with van der Waals surface area (Å²) in [5.41, 5.74) is 3.00. The van der Waals surface area contributed by atoms with Crippen LogP contribution in [0.2, 0.25) is 0 Å². The minimum atomic E-state index is 0.0147. The minimum Gasteiger partial charge on any atom is -0.296 e. The number of fused-ring (bicyclic) bond motifs is 1. The topological polar surface area (TPSA) is 24.1 Å². The van der Waals surface area contributed by atoms with Crippen LogP contribution in [0.5, 0.6) is 0 Å². The number of hydrogen-bond donors (Lipinski definition) is 2. The fraction of sp³-hybridized carbons (Fsp3) is 0.625. The van der Waals surface area contributed by atoms with Gasteiger partial charge in [0.1, 0.15) is 0 Å². The molecule has 1 aliphatic carbocycles. The summed E-state index contributed by atoms with van der Waals surface area (Å²) in [4.78, 5) is 0. The van der Waals surface area contributed by atoms with Crippen LogP contribution in [-0.4, -0.2) is 13.1 Å². The molecule has 0 fully saturated rings. The number of nitrogens with one attached hydrogen (secondary N) is 2. The molecule has 0 radical (unpaired) electrons. The van der Waals surface area contributed by atoms with E-state index in [2.05, 4.69) is 48.7 Å². The van der Waals surface area contributed by atoms with E-state index in [1.54, 1.807) is 0 Å². The van der Waals surface area contributed by atoms with Gasteiger partial charge in [-0.1, -0.05) is 38.1 Å². The first-order valence-corrected chi connectivity index (χ1v) is 7.41. The third kappa shape index (κ3) is 2.76. The summed E-state index contributed by atoms with van der Waals surface area (Å²) >= 11 is 0. The van der Waals surface area contributed by atoms with E-state index in [1.807, 2.05) is 0 Å². The molecule has 1 aliphatic rings. The highest BCUT2D eigenvalue weighted by Gasteiger charge is 2.34. The van der Waals surface area contributed by atoms with Crippen LogP contribution in [0.25, 0.3) is 0 Å². The van der Waals surface area contributed by atoms with Crippen molar-refractivity contribution in [3.63, 3.8) is 0 Å². The highest BCUT2D eigenvalue weighted by atomic mass is 15.2. The van der Waals surface area contributed by atoms with E-state index in [0.717, 1.165) is 13.1 Å². The molecule has 100 valence electrons. The second-order valence-corrected chi connectivity index (χ2v) is 5.27. The molecule has 0 saturated heterocycles. The summed E-state index contributed by atoms with van der Waals surface area (Å²) in [5, 5.41) is 7.53. The first kappa shape index (κ1) is 13.6. The molecule has 2 N–H and O–H groups in total. The van der Waals surface area contributed by atoms with Gasteiger partial charge >= 0.3 is 0 Å². The molecule has 0 saturated carbocycles. The maximum absolute atomic E-state index is 3.76.